The molecule has 0 aliphatic heterocycles. The molecule has 0 fully saturated rings. The normalized spacial score (nSPS) is 4.24. The Morgan fingerprint density at radius 1 is 0.412 bits per heavy atom. The van der Waals surface area contributed by atoms with Crippen molar-refractivity contribution < 1.29 is 170 Å². The van der Waals surface area contributed by atoms with E-state index in [-0.39, 0.29) is 287 Å². The smallest absolute Gasteiger partial charge is 0.854 e. The first kappa shape index (κ1) is 71.3. The van der Waals surface area contributed by atoms with E-state index in [0.29, 0.717) is 0 Å². The summed E-state index contributed by atoms with van der Waals surface area (Å²) >= 11 is 0. The van der Waals surface area contributed by atoms with E-state index in [0.717, 1.165) is 0 Å². The van der Waals surface area contributed by atoms with Gasteiger partial charge in [0.15, 0.2) is 0 Å². The van der Waals surface area contributed by atoms with E-state index in [2.05, 4.69) is 0 Å². The van der Waals surface area contributed by atoms with Crippen molar-refractivity contribution in [2.24, 2.45) is 0 Å². The Morgan fingerprint density at radius 3 is 0.412 bits per heavy atom. The second-order valence-electron chi connectivity index (χ2n) is 0.447. The van der Waals surface area contributed by atoms with E-state index >= 15 is 0 Å². The van der Waals surface area contributed by atoms with Crippen molar-refractivity contribution in [3.05, 3.63) is 0 Å². The van der Waals surface area contributed by atoms with Gasteiger partial charge in [-0.1, -0.05) is 0 Å². The van der Waals surface area contributed by atoms with Crippen LogP contribution in [0.3, 0.4) is 0 Å². The zero-order chi connectivity index (χ0) is 7.15. The SMILES string of the molecule is [BaH2].[BaH2].[BaH2].[Cd].[Cd].[Cd].[O-]P([O-])[O-].[O-]P([O-])[O-].[Zn+2].[Zn+2].[Zn+2]. The molecule has 0 atom stereocenters. The van der Waals surface area contributed by atoms with Crippen LogP contribution in [0.5, 0.6) is 0 Å². The largest absolute Gasteiger partial charge is 2.00 e. The molecule has 17 heavy (non-hydrogen) atoms. The molecule has 0 radical (unpaired) electrons. The fourth-order valence-corrected chi connectivity index (χ4v) is 0. The van der Waals surface area contributed by atoms with Crippen LogP contribution in [0, 0.1) is 0 Å². The van der Waals surface area contributed by atoms with Crippen molar-refractivity contribution in [1.29, 1.82) is 0 Å². The molecule has 17 heteroatoms. The molecule has 70 valence electrons. The third kappa shape index (κ3) is 150. The summed E-state index contributed by atoms with van der Waals surface area (Å²) in [5, 5.41) is 0. The Labute approximate surface area is 323 Å². The van der Waals surface area contributed by atoms with Crippen molar-refractivity contribution in [1.82, 2.24) is 0 Å². The summed E-state index contributed by atoms with van der Waals surface area (Å²) in [7, 11) is -6.74. The van der Waals surface area contributed by atoms with Gasteiger partial charge in [0.05, 0.1) is 0 Å². The molecule has 0 saturated carbocycles. The third-order valence-electron chi connectivity index (χ3n) is 0. The van der Waals surface area contributed by atoms with Gasteiger partial charge in [-0.05, 0) is 0 Å². The molecule has 0 saturated heterocycles. The molecule has 0 aromatic rings. The fraction of sp³-hybridized carbons (Fsp3) is 0. The number of rotatable bonds is 0. The van der Waals surface area contributed by atoms with E-state index in [1.54, 1.807) is 0 Å². The molecule has 0 N–H and O–H groups in total. The van der Waals surface area contributed by atoms with Crippen LogP contribution >= 0.6 is 17.2 Å². The quantitative estimate of drug-likeness (QED) is 0.175. The van der Waals surface area contributed by atoms with E-state index in [1.165, 1.54) is 0 Å². The molecule has 0 bridgehead atoms. The zero-order valence-electron chi connectivity index (χ0n) is 7.59. The van der Waals surface area contributed by atoms with Gasteiger partial charge in [-0.25, -0.2) is 0 Å². The van der Waals surface area contributed by atoms with Crippen LogP contribution in [-0.4, -0.2) is 147 Å². The average molecular weight is 1110 g/mol. The molecular weight excluding hydrogens is 1100 g/mol. The van der Waals surface area contributed by atoms with Crippen LogP contribution in [0.25, 0.3) is 0 Å². The summed E-state index contributed by atoms with van der Waals surface area (Å²) in [5.41, 5.74) is 0. The minimum absolute atomic E-state index is 0. The Balaban J connectivity index is -0.00000000308. The molecule has 0 aliphatic rings. The van der Waals surface area contributed by atoms with Gasteiger partial charge in [0.25, 0.3) is 0 Å². The Morgan fingerprint density at radius 2 is 0.412 bits per heavy atom. The minimum Gasteiger partial charge on any atom is -0.854 e. The number of hydrogen-bond acceptors (Lipinski definition) is 6. The van der Waals surface area contributed by atoms with Crippen molar-refractivity contribution in [2.75, 3.05) is 0 Å². The van der Waals surface area contributed by atoms with Crippen LogP contribution < -0.4 is 29.4 Å². The monoisotopic (exact) mass is 1110 g/mol. The molecular formula is H6Ba3Cd3O6P2Zn3. The first-order valence-electron chi connectivity index (χ1n) is 1.10. The molecule has 0 aliphatic carbocycles. The maximum Gasteiger partial charge on any atom is 2.00 e. The van der Waals surface area contributed by atoms with Crippen LogP contribution in [0.4, 0.5) is 0 Å². The van der Waals surface area contributed by atoms with E-state index in [9.17, 15) is 0 Å². The van der Waals surface area contributed by atoms with Crippen LogP contribution in [-0.2, 0) is 140 Å². The van der Waals surface area contributed by atoms with Gasteiger partial charge >= 0.3 is 205 Å². The molecule has 0 unspecified atom stereocenters. The molecule has 0 amide bonds. The topological polar surface area (TPSA) is 138 Å². The summed E-state index contributed by atoms with van der Waals surface area (Å²) < 4.78 is 0. The third-order valence-corrected chi connectivity index (χ3v) is 0. The summed E-state index contributed by atoms with van der Waals surface area (Å²) in [6.07, 6.45) is 0. The minimum atomic E-state index is -3.37. The van der Waals surface area contributed by atoms with Crippen molar-refractivity contribution in [2.45, 2.75) is 0 Å². The molecule has 0 spiro atoms. The van der Waals surface area contributed by atoms with Crippen molar-refractivity contribution in [3.8, 4) is 0 Å². The summed E-state index contributed by atoms with van der Waals surface area (Å²) in [4.78, 5) is 50.9. The first-order chi connectivity index (χ1) is 3.46. The van der Waals surface area contributed by atoms with Gasteiger partial charge in [0.1, 0.15) is 0 Å². The second-order valence-corrected chi connectivity index (χ2v) is 1.34. The first-order valence-corrected chi connectivity index (χ1v) is 3.29. The van der Waals surface area contributed by atoms with Gasteiger partial charge in [-0.15, -0.1) is 0 Å². The van der Waals surface area contributed by atoms with Gasteiger partial charge in [0, 0.05) is 81.9 Å². The molecule has 0 aromatic carbocycles. The fourth-order valence-electron chi connectivity index (χ4n) is 0. The Bertz CT molecular complexity index is 53.2. The van der Waals surface area contributed by atoms with Crippen LogP contribution in [0.2, 0.25) is 0 Å². The molecule has 6 nitrogen and oxygen atoms in total. The standard InChI is InChI=1S/3Ba.3Cd.2O3P.3Zn.6H/c;;;;;;2*1-4(2)3;;;;;;;;;/q;;;;;;2*-3;3*+2;;;;;;. The van der Waals surface area contributed by atoms with Crippen LogP contribution in [0.1, 0.15) is 0 Å². The average Bonchev–Trinajstić information content (AvgIpc) is 1.25. The van der Waals surface area contributed by atoms with Crippen LogP contribution in [0.15, 0.2) is 0 Å². The molecule has 0 rings (SSSR count). The Kier molecular flexibility index (Phi) is 266. The zero-order valence-corrected chi connectivity index (χ0v) is 30.4. The predicted molar refractivity (Wildman–Crippen MR) is 39.5 cm³/mol. The van der Waals surface area contributed by atoms with E-state index in [4.69, 9.17) is 29.4 Å². The van der Waals surface area contributed by atoms with Crippen molar-refractivity contribution in [3.63, 3.8) is 0 Å². The summed E-state index contributed by atoms with van der Waals surface area (Å²) in [6.45, 7) is 0. The summed E-state index contributed by atoms with van der Waals surface area (Å²) in [6, 6.07) is 0. The van der Waals surface area contributed by atoms with Gasteiger partial charge in [0.2, 0.25) is 0 Å². The van der Waals surface area contributed by atoms with Crippen molar-refractivity contribution >= 4 is 164 Å². The Hall–Kier alpha value is 9.97. The molecule has 0 heterocycles. The van der Waals surface area contributed by atoms with Gasteiger partial charge in [-0.3, -0.25) is 0 Å². The second kappa shape index (κ2) is 63.5. The summed E-state index contributed by atoms with van der Waals surface area (Å²) in [5.74, 6) is 0. The van der Waals surface area contributed by atoms with E-state index in [1.807, 2.05) is 0 Å². The number of hydrogen-bond donors (Lipinski definition) is 0. The van der Waals surface area contributed by atoms with Gasteiger partial charge < -0.3 is 46.6 Å². The predicted octanol–water partition coefficient (Wildman–Crippen LogP) is -8.18. The van der Waals surface area contributed by atoms with E-state index < -0.39 is 17.2 Å². The molecule has 0 aromatic heterocycles. The van der Waals surface area contributed by atoms with Gasteiger partial charge in [-0.2, -0.15) is 0 Å². The maximum atomic E-state index is 8.48. The maximum absolute atomic E-state index is 8.48.